The van der Waals surface area contributed by atoms with Crippen molar-refractivity contribution in [3.63, 3.8) is 0 Å². The zero-order valence-electron chi connectivity index (χ0n) is 17.7. The predicted molar refractivity (Wildman–Crippen MR) is 113 cm³/mol. The van der Waals surface area contributed by atoms with E-state index in [0.717, 1.165) is 22.6 Å². The summed E-state index contributed by atoms with van der Waals surface area (Å²) in [4.78, 5) is 12.5. The molecule has 0 spiro atoms. The minimum atomic E-state index is -0.124. The Bertz CT molecular complexity index is 791. The van der Waals surface area contributed by atoms with Crippen LogP contribution in [-0.2, 0) is 17.8 Å². The highest BCUT2D eigenvalue weighted by Gasteiger charge is 2.11. The van der Waals surface area contributed by atoms with Gasteiger partial charge in [0.25, 0.3) is 5.91 Å². The van der Waals surface area contributed by atoms with Gasteiger partial charge in [-0.2, -0.15) is 0 Å². The van der Waals surface area contributed by atoms with Crippen molar-refractivity contribution in [1.82, 2.24) is 5.32 Å². The number of carbonyl (C=O) groups excluding carboxylic acids is 1. The van der Waals surface area contributed by atoms with E-state index >= 15 is 0 Å². The van der Waals surface area contributed by atoms with Crippen LogP contribution >= 0.6 is 0 Å². The lowest BCUT2D eigenvalue weighted by atomic mass is 10.1. The van der Waals surface area contributed by atoms with Crippen molar-refractivity contribution in [2.45, 2.75) is 33.8 Å². The molecule has 0 atom stereocenters. The van der Waals surface area contributed by atoms with Crippen LogP contribution in [0.3, 0.4) is 0 Å². The number of amides is 1. The van der Waals surface area contributed by atoms with E-state index in [0.29, 0.717) is 50.7 Å². The molecule has 0 saturated carbocycles. The molecule has 0 aliphatic heterocycles. The van der Waals surface area contributed by atoms with Gasteiger partial charge >= 0.3 is 0 Å². The molecule has 158 valence electrons. The molecule has 1 N–H and O–H groups in total. The Morgan fingerprint density at radius 1 is 0.897 bits per heavy atom. The van der Waals surface area contributed by atoms with Gasteiger partial charge in [0, 0.05) is 24.3 Å². The number of carbonyl (C=O) groups is 1. The Morgan fingerprint density at radius 2 is 1.62 bits per heavy atom. The number of nitrogens with one attached hydrogen (secondary N) is 1. The first-order valence-electron chi connectivity index (χ1n) is 10.0. The molecule has 6 nitrogen and oxygen atoms in total. The number of methoxy groups -OCH3 is 1. The maximum Gasteiger partial charge on any atom is 0.251 e. The number of hydrogen-bond donors (Lipinski definition) is 1. The number of rotatable bonds is 12. The predicted octanol–water partition coefficient (Wildman–Crippen LogP) is 4.00. The van der Waals surface area contributed by atoms with Gasteiger partial charge in [0.2, 0.25) is 0 Å². The topological polar surface area (TPSA) is 66.0 Å². The molecule has 0 saturated heterocycles. The average Bonchev–Trinajstić information content (AvgIpc) is 2.74. The maximum atomic E-state index is 12.5. The Morgan fingerprint density at radius 3 is 2.31 bits per heavy atom. The van der Waals surface area contributed by atoms with Crippen LogP contribution in [0.5, 0.6) is 17.2 Å². The fourth-order valence-electron chi connectivity index (χ4n) is 2.92. The summed E-state index contributed by atoms with van der Waals surface area (Å²) in [6, 6.07) is 11.2. The van der Waals surface area contributed by atoms with Crippen LogP contribution in [0.15, 0.2) is 36.4 Å². The molecule has 0 heterocycles. The highest BCUT2D eigenvalue weighted by molar-refractivity contribution is 5.94. The van der Waals surface area contributed by atoms with Crippen molar-refractivity contribution in [1.29, 1.82) is 0 Å². The van der Waals surface area contributed by atoms with Gasteiger partial charge in [0.05, 0.1) is 26.9 Å². The molecule has 6 heteroatoms. The second-order valence-electron chi connectivity index (χ2n) is 6.32. The van der Waals surface area contributed by atoms with Crippen LogP contribution in [0.2, 0.25) is 0 Å². The Balaban J connectivity index is 1.98. The van der Waals surface area contributed by atoms with Crippen LogP contribution < -0.4 is 19.5 Å². The molecular formula is C23H31NO5. The molecule has 0 aromatic heterocycles. The van der Waals surface area contributed by atoms with E-state index in [4.69, 9.17) is 18.9 Å². The van der Waals surface area contributed by atoms with E-state index in [1.807, 2.05) is 45.0 Å². The summed E-state index contributed by atoms with van der Waals surface area (Å²) in [5, 5.41) is 2.97. The third-order valence-electron chi connectivity index (χ3n) is 4.31. The van der Waals surface area contributed by atoms with Gasteiger partial charge in [-0.15, -0.1) is 0 Å². The smallest absolute Gasteiger partial charge is 0.251 e. The van der Waals surface area contributed by atoms with Crippen molar-refractivity contribution in [2.24, 2.45) is 0 Å². The molecule has 0 fully saturated rings. The largest absolute Gasteiger partial charge is 0.496 e. The fraction of sp³-hybridized carbons (Fsp3) is 0.435. The first kappa shape index (κ1) is 22.6. The molecule has 1 amide bonds. The van der Waals surface area contributed by atoms with E-state index in [2.05, 4.69) is 5.32 Å². The van der Waals surface area contributed by atoms with Crippen LogP contribution in [0.4, 0.5) is 0 Å². The zero-order chi connectivity index (χ0) is 21.1. The molecule has 0 aliphatic carbocycles. The first-order chi connectivity index (χ1) is 14.1. The summed E-state index contributed by atoms with van der Waals surface area (Å²) in [5.41, 5.74) is 2.51. The van der Waals surface area contributed by atoms with Crippen molar-refractivity contribution in [3.8, 4) is 17.2 Å². The van der Waals surface area contributed by atoms with Crippen molar-refractivity contribution >= 4 is 5.91 Å². The molecular weight excluding hydrogens is 370 g/mol. The maximum absolute atomic E-state index is 12.5. The Labute approximate surface area is 173 Å². The zero-order valence-corrected chi connectivity index (χ0v) is 17.7. The van der Waals surface area contributed by atoms with Gasteiger partial charge in [-0.1, -0.05) is 6.07 Å². The minimum absolute atomic E-state index is 0.124. The van der Waals surface area contributed by atoms with E-state index in [1.165, 1.54) is 0 Å². The summed E-state index contributed by atoms with van der Waals surface area (Å²) in [6.45, 7) is 8.50. The van der Waals surface area contributed by atoms with Gasteiger partial charge in [-0.3, -0.25) is 4.79 Å². The molecule has 2 rings (SSSR count). The van der Waals surface area contributed by atoms with Gasteiger partial charge in [0.1, 0.15) is 5.75 Å². The SMILES string of the molecule is CCOCc1cc(C(=O)NCCc2ccc(OCC)c(OCC)c2)ccc1OC. The Hall–Kier alpha value is -2.73. The van der Waals surface area contributed by atoms with Gasteiger partial charge < -0.3 is 24.3 Å². The normalized spacial score (nSPS) is 10.5. The van der Waals surface area contributed by atoms with Crippen LogP contribution in [0.25, 0.3) is 0 Å². The highest BCUT2D eigenvalue weighted by Crippen LogP contribution is 2.28. The van der Waals surface area contributed by atoms with E-state index in [1.54, 1.807) is 19.2 Å². The second kappa shape index (κ2) is 12.0. The molecule has 0 unspecified atom stereocenters. The monoisotopic (exact) mass is 401 g/mol. The first-order valence-corrected chi connectivity index (χ1v) is 10.0. The van der Waals surface area contributed by atoms with E-state index in [9.17, 15) is 4.79 Å². The number of ether oxygens (including phenoxy) is 4. The number of benzene rings is 2. The molecule has 29 heavy (non-hydrogen) atoms. The highest BCUT2D eigenvalue weighted by atomic mass is 16.5. The number of hydrogen-bond acceptors (Lipinski definition) is 5. The van der Waals surface area contributed by atoms with E-state index < -0.39 is 0 Å². The average molecular weight is 402 g/mol. The lowest BCUT2D eigenvalue weighted by Gasteiger charge is -2.13. The fourth-order valence-corrected chi connectivity index (χ4v) is 2.92. The third kappa shape index (κ3) is 6.68. The lowest BCUT2D eigenvalue weighted by molar-refractivity contribution is 0.0953. The molecule has 0 radical (unpaired) electrons. The Kier molecular flexibility index (Phi) is 9.31. The van der Waals surface area contributed by atoms with Crippen LogP contribution in [0.1, 0.15) is 42.3 Å². The molecule has 0 aliphatic rings. The molecule has 0 bridgehead atoms. The summed E-state index contributed by atoms with van der Waals surface area (Å²) >= 11 is 0. The van der Waals surface area contributed by atoms with Crippen molar-refractivity contribution in [3.05, 3.63) is 53.1 Å². The third-order valence-corrected chi connectivity index (χ3v) is 4.31. The molecule has 2 aromatic carbocycles. The summed E-state index contributed by atoms with van der Waals surface area (Å²) < 4.78 is 22.0. The van der Waals surface area contributed by atoms with Crippen molar-refractivity contribution in [2.75, 3.05) is 33.5 Å². The summed E-state index contributed by atoms with van der Waals surface area (Å²) in [5.74, 6) is 2.06. The van der Waals surface area contributed by atoms with Crippen LogP contribution in [-0.4, -0.2) is 39.4 Å². The lowest BCUT2D eigenvalue weighted by Crippen LogP contribution is -2.25. The quantitative estimate of drug-likeness (QED) is 0.582. The summed E-state index contributed by atoms with van der Waals surface area (Å²) in [6.07, 6.45) is 0.695. The van der Waals surface area contributed by atoms with Gasteiger partial charge in [-0.25, -0.2) is 0 Å². The van der Waals surface area contributed by atoms with Gasteiger partial charge in [-0.05, 0) is 63.1 Å². The minimum Gasteiger partial charge on any atom is -0.496 e. The van der Waals surface area contributed by atoms with Crippen molar-refractivity contribution < 1.29 is 23.7 Å². The summed E-state index contributed by atoms with van der Waals surface area (Å²) in [7, 11) is 1.61. The van der Waals surface area contributed by atoms with Gasteiger partial charge in [0.15, 0.2) is 11.5 Å². The second-order valence-corrected chi connectivity index (χ2v) is 6.32. The van der Waals surface area contributed by atoms with Crippen LogP contribution in [0, 0.1) is 0 Å². The molecule has 2 aromatic rings. The van der Waals surface area contributed by atoms with E-state index in [-0.39, 0.29) is 5.91 Å². The standard InChI is InChI=1S/C23H31NO5/c1-5-27-16-19-15-18(9-11-20(19)26-4)23(25)24-13-12-17-8-10-21(28-6-2)22(14-17)29-7-3/h8-11,14-15H,5-7,12-13,16H2,1-4H3,(H,24,25).